The van der Waals surface area contributed by atoms with Crippen LogP contribution in [-0.2, 0) is 16.7 Å². The van der Waals surface area contributed by atoms with Crippen LogP contribution in [0.25, 0.3) is 0 Å². The molecule has 1 saturated carbocycles. The van der Waals surface area contributed by atoms with Crippen molar-refractivity contribution >= 4 is 16.0 Å². The van der Waals surface area contributed by atoms with Crippen LogP contribution in [0.5, 0.6) is 5.75 Å². The van der Waals surface area contributed by atoms with E-state index in [1.165, 1.54) is 25.1 Å². The Hall–Kier alpha value is -2.41. The molecule has 2 aromatic carbocycles. The van der Waals surface area contributed by atoms with Gasteiger partial charge in [0, 0.05) is 23.7 Å². The number of carbonyl (C=O) groups is 1. The van der Waals surface area contributed by atoms with Gasteiger partial charge in [-0.25, -0.2) is 4.39 Å². The molecule has 0 aromatic heterocycles. The minimum Gasteiger partial charge on any atom is -0.382 e. The van der Waals surface area contributed by atoms with Crippen molar-refractivity contribution in [2.45, 2.75) is 32.4 Å². The van der Waals surface area contributed by atoms with E-state index < -0.39 is 15.9 Å². The first-order chi connectivity index (χ1) is 12.4. The predicted molar refractivity (Wildman–Crippen MR) is 95.8 cm³/mol. The van der Waals surface area contributed by atoms with Gasteiger partial charge in [-0.05, 0) is 44.0 Å². The van der Waals surface area contributed by atoms with Crippen LogP contribution in [0.3, 0.4) is 0 Å². The molecule has 0 spiro atoms. The number of para-hydroxylation sites is 1. The van der Waals surface area contributed by atoms with Gasteiger partial charge < -0.3 is 9.08 Å². The molecular formula is C19H20FNO4S. The van der Waals surface area contributed by atoms with Crippen LogP contribution in [-0.4, -0.2) is 31.0 Å². The van der Waals surface area contributed by atoms with E-state index in [1.54, 1.807) is 35.2 Å². The maximum atomic E-state index is 13.5. The largest absolute Gasteiger partial charge is 0.382 e. The van der Waals surface area contributed by atoms with Crippen LogP contribution in [0.1, 0.15) is 35.7 Å². The molecule has 0 radical (unpaired) electrons. The van der Waals surface area contributed by atoms with Gasteiger partial charge in [0.2, 0.25) is 0 Å². The monoisotopic (exact) mass is 377 g/mol. The summed E-state index contributed by atoms with van der Waals surface area (Å²) < 4.78 is 42.2. The first kappa shape index (κ1) is 18.4. The van der Waals surface area contributed by atoms with E-state index in [0.717, 1.165) is 12.8 Å². The fourth-order valence-corrected chi connectivity index (χ4v) is 3.19. The Morgan fingerprint density at radius 1 is 1.19 bits per heavy atom. The molecular weight excluding hydrogens is 357 g/mol. The molecule has 0 N–H and O–H groups in total. The lowest BCUT2D eigenvalue weighted by Crippen LogP contribution is -2.33. The predicted octanol–water partition coefficient (Wildman–Crippen LogP) is 3.36. The zero-order chi connectivity index (χ0) is 18.7. The molecule has 7 heteroatoms. The quantitative estimate of drug-likeness (QED) is 0.694. The van der Waals surface area contributed by atoms with Crippen molar-refractivity contribution in [2.75, 3.05) is 5.75 Å². The first-order valence-corrected chi connectivity index (χ1v) is 10.0. The van der Waals surface area contributed by atoms with Gasteiger partial charge in [-0.2, -0.15) is 8.42 Å². The highest BCUT2D eigenvalue weighted by molar-refractivity contribution is 7.87. The molecule has 0 heterocycles. The van der Waals surface area contributed by atoms with Crippen molar-refractivity contribution in [3.8, 4) is 5.75 Å². The Morgan fingerprint density at radius 2 is 1.92 bits per heavy atom. The standard InChI is InChI=1S/C19H20FNO4S/c1-2-26(23,24)25-18-9-4-3-6-15(18)13-21(17-10-11-17)19(22)14-7-5-8-16(20)12-14/h3-9,12,17H,2,10-11,13H2,1H3. The van der Waals surface area contributed by atoms with Crippen molar-refractivity contribution in [3.63, 3.8) is 0 Å². The van der Waals surface area contributed by atoms with Crippen molar-refractivity contribution in [1.82, 2.24) is 4.90 Å². The third-order valence-electron chi connectivity index (χ3n) is 4.20. The van der Waals surface area contributed by atoms with Gasteiger partial charge in [0.05, 0.1) is 5.75 Å². The molecule has 0 unspecified atom stereocenters. The SMILES string of the molecule is CCS(=O)(=O)Oc1ccccc1CN(C(=O)c1cccc(F)c1)C1CC1. The lowest BCUT2D eigenvalue weighted by atomic mass is 10.1. The lowest BCUT2D eigenvalue weighted by molar-refractivity contribution is 0.0729. The second-order valence-corrected chi connectivity index (χ2v) is 8.07. The smallest absolute Gasteiger partial charge is 0.308 e. The fraction of sp³-hybridized carbons (Fsp3) is 0.316. The van der Waals surface area contributed by atoms with E-state index in [2.05, 4.69) is 0 Å². The molecule has 138 valence electrons. The van der Waals surface area contributed by atoms with Gasteiger partial charge in [-0.1, -0.05) is 24.3 Å². The Kier molecular flexibility index (Phi) is 5.27. The summed E-state index contributed by atoms with van der Waals surface area (Å²) in [6.45, 7) is 1.71. The van der Waals surface area contributed by atoms with Crippen molar-refractivity contribution < 1.29 is 21.8 Å². The third kappa shape index (κ3) is 4.40. The van der Waals surface area contributed by atoms with E-state index in [1.807, 2.05) is 0 Å². The van der Waals surface area contributed by atoms with E-state index in [0.29, 0.717) is 5.56 Å². The van der Waals surface area contributed by atoms with Crippen LogP contribution >= 0.6 is 0 Å². The summed E-state index contributed by atoms with van der Waals surface area (Å²) in [4.78, 5) is 14.5. The normalized spacial score (nSPS) is 14.1. The average Bonchev–Trinajstić information content (AvgIpc) is 3.45. The molecule has 26 heavy (non-hydrogen) atoms. The number of benzene rings is 2. The fourth-order valence-electron chi connectivity index (χ4n) is 2.64. The van der Waals surface area contributed by atoms with Gasteiger partial charge in [0.15, 0.2) is 0 Å². The molecule has 0 bridgehead atoms. The van der Waals surface area contributed by atoms with E-state index in [-0.39, 0.29) is 35.6 Å². The molecule has 1 amide bonds. The van der Waals surface area contributed by atoms with Gasteiger partial charge >= 0.3 is 10.1 Å². The Bertz CT molecular complexity index is 909. The second-order valence-electron chi connectivity index (χ2n) is 6.21. The molecule has 1 aliphatic rings. The van der Waals surface area contributed by atoms with E-state index in [4.69, 9.17) is 4.18 Å². The third-order valence-corrected chi connectivity index (χ3v) is 5.34. The number of carbonyl (C=O) groups excluding carboxylic acids is 1. The number of amides is 1. The van der Waals surface area contributed by atoms with Crippen LogP contribution in [0.2, 0.25) is 0 Å². The summed E-state index contributed by atoms with van der Waals surface area (Å²) in [7, 11) is -3.67. The lowest BCUT2D eigenvalue weighted by Gasteiger charge is -2.24. The highest BCUT2D eigenvalue weighted by Gasteiger charge is 2.33. The van der Waals surface area contributed by atoms with Gasteiger partial charge in [0.25, 0.3) is 5.91 Å². The van der Waals surface area contributed by atoms with Gasteiger partial charge in [-0.3, -0.25) is 4.79 Å². The van der Waals surface area contributed by atoms with Crippen molar-refractivity contribution in [3.05, 3.63) is 65.5 Å². The average molecular weight is 377 g/mol. The van der Waals surface area contributed by atoms with E-state index >= 15 is 0 Å². The molecule has 0 saturated heterocycles. The Morgan fingerprint density at radius 3 is 2.58 bits per heavy atom. The molecule has 0 aliphatic heterocycles. The number of nitrogens with zero attached hydrogens (tertiary/aromatic N) is 1. The van der Waals surface area contributed by atoms with Gasteiger partial charge in [-0.15, -0.1) is 0 Å². The van der Waals surface area contributed by atoms with Crippen molar-refractivity contribution in [2.24, 2.45) is 0 Å². The number of rotatable bonds is 7. The summed E-state index contributed by atoms with van der Waals surface area (Å²) >= 11 is 0. The maximum Gasteiger partial charge on any atom is 0.308 e. The summed E-state index contributed by atoms with van der Waals surface area (Å²) in [5.74, 6) is -0.674. The first-order valence-electron chi connectivity index (χ1n) is 8.46. The zero-order valence-electron chi connectivity index (χ0n) is 14.4. The topological polar surface area (TPSA) is 63.7 Å². The Balaban J connectivity index is 1.87. The molecule has 0 atom stereocenters. The highest BCUT2D eigenvalue weighted by Crippen LogP contribution is 2.32. The number of hydrogen-bond donors (Lipinski definition) is 0. The van der Waals surface area contributed by atoms with Crippen LogP contribution in [0.4, 0.5) is 4.39 Å². The molecule has 3 rings (SSSR count). The highest BCUT2D eigenvalue weighted by atomic mass is 32.2. The summed E-state index contributed by atoms with van der Waals surface area (Å²) in [6, 6.07) is 12.4. The maximum absolute atomic E-state index is 13.5. The molecule has 1 fully saturated rings. The minimum absolute atomic E-state index is 0.0709. The minimum atomic E-state index is -3.67. The van der Waals surface area contributed by atoms with Crippen LogP contribution in [0, 0.1) is 5.82 Å². The summed E-state index contributed by atoms with van der Waals surface area (Å²) in [6.07, 6.45) is 1.74. The zero-order valence-corrected chi connectivity index (χ0v) is 15.2. The van der Waals surface area contributed by atoms with Crippen LogP contribution in [0.15, 0.2) is 48.5 Å². The molecule has 2 aromatic rings. The Labute approximate surface area is 152 Å². The van der Waals surface area contributed by atoms with E-state index in [9.17, 15) is 17.6 Å². The molecule has 5 nitrogen and oxygen atoms in total. The van der Waals surface area contributed by atoms with Crippen molar-refractivity contribution in [1.29, 1.82) is 0 Å². The number of hydrogen-bond acceptors (Lipinski definition) is 4. The second kappa shape index (κ2) is 7.45. The number of halogens is 1. The van der Waals surface area contributed by atoms with Crippen LogP contribution < -0.4 is 4.18 Å². The summed E-state index contributed by atoms with van der Waals surface area (Å²) in [5, 5.41) is 0. The summed E-state index contributed by atoms with van der Waals surface area (Å²) in [5.41, 5.74) is 0.873. The molecule has 1 aliphatic carbocycles. The van der Waals surface area contributed by atoms with Gasteiger partial charge in [0.1, 0.15) is 11.6 Å².